The number of amides is 5. The number of benzene rings is 2. The van der Waals surface area contributed by atoms with Gasteiger partial charge in [-0.3, -0.25) is 19.2 Å². The van der Waals surface area contributed by atoms with Crippen LogP contribution < -0.4 is 4.90 Å². The third-order valence-corrected chi connectivity index (χ3v) is 10.00. The number of aromatic hydroxyl groups is 1. The minimum atomic E-state index is -2.34. The molecule has 0 spiro atoms. The van der Waals surface area contributed by atoms with Gasteiger partial charge in [-0.2, -0.15) is 4.90 Å². The molecule has 13 heteroatoms. The van der Waals surface area contributed by atoms with Gasteiger partial charge in [0.25, 0.3) is 11.8 Å². The Morgan fingerprint density at radius 3 is 2.34 bits per heavy atom. The zero-order chi connectivity index (χ0) is 29.6. The van der Waals surface area contributed by atoms with E-state index in [0.717, 1.165) is 25.3 Å². The Bertz CT molecular complexity index is 1600. The fourth-order valence-corrected chi connectivity index (χ4v) is 7.71. The monoisotopic (exact) mass is 604 g/mol. The van der Waals surface area contributed by atoms with Crippen LogP contribution >= 0.6 is 23.2 Å². The lowest BCUT2D eigenvalue weighted by molar-refractivity contribution is -0.138. The van der Waals surface area contributed by atoms with Gasteiger partial charge in [-0.05, 0) is 49.1 Å². The Labute approximate surface area is 241 Å². The Kier molecular flexibility index (Phi) is 6.06. The maximum atomic E-state index is 14.7. The van der Waals surface area contributed by atoms with Gasteiger partial charge in [-0.25, -0.2) is 18.5 Å². The summed E-state index contributed by atoms with van der Waals surface area (Å²) in [6.45, 7) is 0. The SMILES string of the molecule is COC(=O)N1C(=O)[C@H]2[C@H](CC=C3[C@H]2C[C@@]2(Cl)C(=O)N(c4ccc(F)cc4)C(=O)[C@@]2(Cl)[C@H]3c2cccc(F)c2O)C1=O. The van der Waals surface area contributed by atoms with Crippen LogP contribution in [0.15, 0.2) is 54.1 Å². The first-order valence-electron chi connectivity index (χ1n) is 12.5. The van der Waals surface area contributed by atoms with Crippen molar-refractivity contribution in [2.45, 2.75) is 28.5 Å². The lowest BCUT2D eigenvalue weighted by Gasteiger charge is -2.50. The highest BCUT2D eigenvalue weighted by Gasteiger charge is 2.77. The van der Waals surface area contributed by atoms with E-state index in [9.17, 15) is 37.9 Å². The molecule has 0 radical (unpaired) electrons. The summed E-state index contributed by atoms with van der Waals surface area (Å²) >= 11 is 14.2. The molecule has 3 fully saturated rings. The van der Waals surface area contributed by atoms with Gasteiger partial charge in [-0.15, -0.1) is 23.2 Å². The predicted molar refractivity (Wildman–Crippen MR) is 139 cm³/mol. The summed E-state index contributed by atoms with van der Waals surface area (Å²) in [6.07, 6.45) is -0.0692. The molecule has 5 amide bonds. The number of likely N-dealkylation sites (tertiary alicyclic amines) is 1. The minimum Gasteiger partial charge on any atom is -0.505 e. The van der Waals surface area contributed by atoms with Crippen LogP contribution in [0.2, 0.25) is 0 Å². The zero-order valence-electron chi connectivity index (χ0n) is 21.1. The molecule has 2 heterocycles. The number of alkyl halides is 2. The van der Waals surface area contributed by atoms with Crippen LogP contribution in [0.5, 0.6) is 5.75 Å². The molecule has 0 bridgehead atoms. The van der Waals surface area contributed by atoms with Gasteiger partial charge < -0.3 is 9.84 Å². The van der Waals surface area contributed by atoms with E-state index in [1.807, 2.05) is 0 Å². The van der Waals surface area contributed by atoms with Crippen LogP contribution in [-0.2, 0) is 23.9 Å². The Morgan fingerprint density at radius 1 is 1.00 bits per heavy atom. The van der Waals surface area contributed by atoms with Crippen molar-refractivity contribution < 1.29 is 42.6 Å². The number of nitrogens with zero attached hydrogens (tertiary/aromatic N) is 2. The molecule has 0 unspecified atom stereocenters. The number of ether oxygens (including phenoxy) is 1. The summed E-state index contributed by atoms with van der Waals surface area (Å²) in [5.41, 5.74) is 0.0911. The highest BCUT2D eigenvalue weighted by atomic mass is 35.5. The molecule has 2 aromatic rings. The number of para-hydroxylation sites is 1. The molecular formula is C28H20Cl2F2N2O7. The molecule has 6 atom stereocenters. The maximum absolute atomic E-state index is 14.7. The lowest BCUT2D eigenvalue weighted by atomic mass is 9.56. The van der Waals surface area contributed by atoms with Crippen molar-refractivity contribution in [3.63, 3.8) is 0 Å². The van der Waals surface area contributed by atoms with E-state index in [1.165, 1.54) is 24.3 Å². The van der Waals surface area contributed by atoms with Gasteiger partial charge in [-0.1, -0.05) is 23.8 Å². The van der Waals surface area contributed by atoms with Crippen LogP contribution in [-0.4, -0.2) is 56.6 Å². The summed E-state index contributed by atoms with van der Waals surface area (Å²) in [5, 5.41) is 10.8. The smallest absolute Gasteiger partial charge is 0.423 e. The van der Waals surface area contributed by atoms with E-state index in [4.69, 9.17) is 23.2 Å². The number of methoxy groups -OCH3 is 1. The molecule has 2 saturated heterocycles. The predicted octanol–water partition coefficient (Wildman–Crippen LogP) is 4.00. The van der Waals surface area contributed by atoms with Gasteiger partial charge in [0.2, 0.25) is 11.8 Å². The highest BCUT2D eigenvalue weighted by molar-refractivity contribution is 6.58. The molecule has 2 aliphatic carbocycles. The van der Waals surface area contributed by atoms with Crippen molar-refractivity contribution in [2.24, 2.45) is 17.8 Å². The number of imide groups is 4. The average Bonchev–Trinajstić information content (AvgIpc) is 3.29. The number of hydrogen-bond donors (Lipinski definition) is 1. The summed E-state index contributed by atoms with van der Waals surface area (Å²) in [6, 6.07) is 8.03. The maximum Gasteiger partial charge on any atom is 0.423 e. The van der Waals surface area contributed by atoms with E-state index in [2.05, 4.69) is 4.74 Å². The molecule has 4 aliphatic rings. The normalized spacial score (nSPS) is 32.5. The quantitative estimate of drug-likeness (QED) is 0.312. The summed E-state index contributed by atoms with van der Waals surface area (Å²) in [4.78, 5) is 63.6. The molecular weight excluding hydrogens is 585 g/mol. The van der Waals surface area contributed by atoms with Crippen molar-refractivity contribution in [1.29, 1.82) is 0 Å². The van der Waals surface area contributed by atoms with Crippen LogP contribution in [0.1, 0.15) is 24.3 Å². The van der Waals surface area contributed by atoms with Crippen LogP contribution in [0, 0.1) is 29.4 Å². The molecule has 2 aromatic carbocycles. The zero-order valence-corrected chi connectivity index (χ0v) is 22.7. The standard InChI is InChI=1S/C28H20Cl2F2N2O7/c1-41-26(40)34-22(36)15-10-9-14-17(19(15)23(34)37)11-27(29)24(38)33(13-7-5-12(31)6-8-13)25(39)28(27,30)20(14)16-3-2-4-18(32)21(16)35/h2-9,15,17,19-20,35H,10-11H2,1H3/t15-,17+,19-,20+,27+,28-/m0/s1. The van der Waals surface area contributed by atoms with E-state index in [-0.39, 0.29) is 23.2 Å². The second kappa shape index (κ2) is 9.09. The molecule has 2 aliphatic heterocycles. The molecule has 212 valence electrons. The molecule has 6 rings (SSSR count). The molecule has 41 heavy (non-hydrogen) atoms. The van der Waals surface area contributed by atoms with Crippen molar-refractivity contribution >= 4 is 58.6 Å². The van der Waals surface area contributed by atoms with Crippen molar-refractivity contribution in [2.75, 3.05) is 12.0 Å². The Morgan fingerprint density at radius 2 is 1.68 bits per heavy atom. The van der Waals surface area contributed by atoms with Crippen molar-refractivity contribution in [3.05, 3.63) is 71.3 Å². The van der Waals surface area contributed by atoms with E-state index in [1.54, 1.807) is 6.08 Å². The average molecular weight is 605 g/mol. The van der Waals surface area contributed by atoms with E-state index < -0.39 is 86.9 Å². The highest BCUT2D eigenvalue weighted by Crippen LogP contribution is 2.66. The minimum absolute atomic E-state index is 0.0307. The van der Waals surface area contributed by atoms with Crippen LogP contribution in [0.25, 0.3) is 0 Å². The molecule has 1 saturated carbocycles. The lowest BCUT2D eigenvalue weighted by Crippen LogP contribution is -2.60. The Hall–Kier alpha value is -3.83. The second-order valence-corrected chi connectivity index (χ2v) is 11.7. The number of halogens is 4. The number of fused-ring (bicyclic) bond motifs is 4. The molecule has 9 nitrogen and oxygen atoms in total. The van der Waals surface area contributed by atoms with Crippen molar-refractivity contribution in [3.8, 4) is 5.75 Å². The third-order valence-electron chi connectivity index (χ3n) is 8.58. The van der Waals surface area contributed by atoms with Crippen LogP contribution in [0.3, 0.4) is 0 Å². The van der Waals surface area contributed by atoms with Gasteiger partial charge in [0, 0.05) is 11.5 Å². The second-order valence-electron chi connectivity index (χ2n) is 10.4. The summed E-state index contributed by atoms with van der Waals surface area (Å²) in [5.74, 6) is -10.8. The fourth-order valence-electron chi connectivity index (χ4n) is 6.78. The summed E-state index contributed by atoms with van der Waals surface area (Å²) in [7, 11) is 1.01. The number of phenolic OH excluding ortho intramolecular Hbond substituents is 1. The van der Waals surface area contributed by atoms with Crippen molar-refractivity contribution in [1.82, 2.24) is 4.90 Å². The largest absolute Gasteiger partial charge is 0.505 e. The first-order valence-corrected chi connectivity index (χ1v) is 13.3. The number of rotatable bonds is 2. The van der Waals surface area contributed by atoms with Gasteiger partial charge in [0.1, 0.15) is 5.82 Å². The topological polar surface area (TPSA) is 121 Å². The van der Waals surface area contributed by atoms with E-state index in [0.29, 0.717) is 9.80 Å². The van der Waals surface area contributed by atoms with Gasteiger partial charge >= 0.3 is 6.09 Å². The van der Waals surface area contributed by atoms with E-state index >= 15 is 0 Å². The molecule has 0 aromatic heterocycles. The first kappa shape index (κ1) is 27.3. The third kappa shape index (κ3) is 3.42. The summed E-state index contributed by atoms with van der Waals surface area (Å²) < 4.78 is 33.0. The Balaban J connectivity index is 1.57. The molecule has 1 N–H and O–H groups in total. The number of carbonyl (C=O) groups excluding carboxylic acids is 5. The number of phenols is 1. The number of hydrogen-bond acceptors (Lipinski definition) is 7. The number of carbonyl (C=O) groups is 5. The van der Waals surface area contributed by atoms with Crippen LogP contribution in [0.4, 0.5) is 19.3 Å². The first-order chi connectivity index (χ1) is 19.4. The van der Waals surface area contributed by atoms with Gasteiger partial charge in [0.05, 0.1) is 24.6 Å². The van der Waals surface area contributed by atoms with Gasteiger partial charge in [0.15, 0.2) is 21.3 Å². The number of allylic oxidation sites excluding steroid dienone is 2. The number of anilines is 1. The fraction of sp³-hybridized carbons (Fsp3) is 0.321.